The van der Waals surface area contributed by atoms with E-state index >= 15 is 0 Å². The number of hydrogen-bond acceptors (Lipinski definition) is 4. The number of ether oxygens (including phenoxy) is 3. The monoisotopic (exact) mass is 277 g/mol. The Hall–Kier alpha value is -1.86. The van der Waals surface area contributed by atoms with Crippen molar-refractivity contribution in [3.8, 4) is 29.6 Å². The minimum Gasteiger partial charge on any atom is -0.493 e. The molecular formula is C16H23NO3. The van der Waals surface area contributed by atoms with Gasteiger partial charge in [0, 0.05) is 6.54 Å². The summed E-state index contributed by atoms with van der Waals surface area (Å²) in [5.41, 5.74) is 1.08. The van der Waals surface area contributed by atoms with Gasteiger partial charge in [-0.05, 0) is 30.2 Å². The van der Waals surface area contributed by atoms with E-state index in [4.69, 9.17) is 20.6 Å². The van der Waals surface area contributed by atoms with Gasteiger partial charge < -0.3 is 19.5 Å². The number of hydrogen-bond donors (Lipinski definition) is 1. The maximum absolute atomic E-state index is 5.49. The second-order valence-electron chi connectivity index (χ2n) is 4.85. The van der Waals surface area contributed by atoms with Gasteiger partial charge in [-0.2, -0.15) is 0 Å². The van der Waals surface area contributed by atoms with Crippen LogP contribution in [0.5, 0.6) is 17.2 Å². The molecule has 1 aromatic rings. The maximum Gasteiger partial charge on any atom is 0.204 e. The number of rotatable bonds is 8. The van der Waals surface area contributed by atoms with Crippen LogP contribution in [0.2, 0.25) is 0 Å². The van der Waals surface area contributed by atoms with Crippen LogP contribution < -0.4 is 19.5 Å². The van der Waals surface area contributed by atoms with Gasteiger partial charge in [0.05, 0.1) is 14.2 Å². The van der Waals surface area contributed by atoms with Crippen molar-refractivity contribution in [1.82, 2.24) is 5.32 Å². The Morgan fingerprint density at radius 1 is 1.20 bits per heavy atom. The minimum atomic E-state index is 0.178. The Balaban J connectivity index is 2.91. The van der Waals surface area contributed by atoms with Crippen LogP contribution in [0.25, 0.3) is 0 Å². The molecule has 1 N–H and O–H groups in total. The van der Waals surface area contributed by atoms with Crippen molar-refractivity contribution in [2.45, 2.75) is 20.4 Å². The Kier molecular flexibility index (Phi) is 6.75. The fraction of sp³-hybridized carbons (Fsp3) is 0.500. The van der Waals surface area contributed by atoms with Gasteiger partial charge in [-0.1, -0.05) is 19.8 Å². The lowest BCUT2D eigenvalue weighted by Crippen LogP contribution is -2.19. The van der Waals surface area contributed by atoms with Crippen LogP contribution in [0.4, 0.5) is 0 Å². The first kappa shape index (κ1) is 16.2. The molecule has 0 amide bonds. The van der Waals surface area contributed by atoms with Gasteiger partial charge in [-0.3, -0.25) is 0 Å². The van der Waals surface area contributed by atoms with Crippen LogP contribution in [0.15, 0.2) is 12.1 Å². The van der Waals surface area contributed by atoms with Crippen LogP contribution in [0.3, 0.4) is 0 Å². The summed E-state index contributed by atoms with van der Waals surface area (Å²) in [4.78, 5) is 0. The van der Waals surface area contributed by atoms with Crippen molar-refractivity contribution < 1.29 is 14.2 Å². The summed E-state index contributed by atoms with van der Waals surface area (Å²) in [5, 5.41) is 3.38. The number of nitrogens with one attached hydrogen (secondary N) is 1. The molecule has 0 bridgehead atoms. The highest BCUT2D eigenvalue weighted by atomic mass is 16.5. The Bertz CT molecular complexity index is 438. The van der Waals surface area contributed by atoms with E-state index < -0.39 is 0 Å². The molecule has 4 heteroatoms. The first-order valence-corrected chi connectivity index (χ1v) is 6.64. The fourth-order valence-corrected chi connectivity index (χ4v) is 1.80. The number of benzene rings is 1. The molecule has 0 radical (unpaired) electrons. The predicted octanol–water partition coefficient (Wildman–Crippen LogP) is 2.46. The Labute approximate surface area is 121 Å². The standard InChI is InChI=1S/C16H23NO3/c1-6-7-20-16-14(18-4)8-13(9-15(16)19-5)11-17-10-12(2)3/h1,8-9,12,17H,7,10-11H2,2-5H3. The van der Waals surface area contributed by atoms with Crippen molar-refractivity contribution in [2.24, 2.45) is 5.92 Å². The summed E-state index contributed by atoms with van der Waals surface area (Å²) in [6, 6.07) is 3.86. The zero-order valence-corrected chi connectivity index (χ0v) is 12.7. The van der Waals surface area contributed by atoms with Gasteiger partial charge in [-0.15, -0.1) is 6.42 Å². The van der Waals surface area contributed by atoms with Crippen molar-refractivity contribution in [3.63, 3.8) is 0 Å². The molecule has 0 aliphatic heterocycles. The van der Waals surface area contributed by atoms with Gasteiger partial charge in [-0.25, -0.2) is 0 Å². The molecule has 0 saturated heterocycles. The van der Waals surface area contributed by atoms with E-state index in [9.17, 15) is 0 Å². The van der Waals surface area contributed by atoms with E-state index in [2.05, 4.69) is 25.1 Å². The molecule has 0 saturated carbocycles. The third kappa shape index (κ3) is 4.67. The van der Waals surface area contributed by atoms with Crippen molar-refractivity contribution in [1.29, 1.82) is 0 Å². The van der Waals surface area contributed by atoms with Crippen LogP contribution in [0.1, 0.15) is 19.4 Å². The minimum absolute atomic E-state index is 0.178. The zero-order chi connectivity index (χ0) is 15.0. The molecule has 1 aromatic carbocycles. The topological polar surface area (TPSA) is 39.7 Å². The third-order valence-corrected chi connectivity index (χ3v) is 2.70. The molecule has 0 unspecified atom stereocenters. The molecule has 110 valence electrons. The van der Waals surface area contributed by atoms with E-state index in [1.807, 2.05) is 12.1 Å². The average Bonchev–Trinajstić information content (AvgIpc) is 2.44. The molecular weight excluding hydrogens is 254 g/mol. The highest BCUT2D eigenvalue weighted by molar-refractivity contribution is 5.54. The van der Waals surface area contributed by atoms with Crippen molar-refractivity contribution in [2.75, 3.05) is 27.4 Å². The van der Waals surface area contributed by atoms with Gasteiger partial charge in [0.25, 0.3) is 0 Å². The molecule has 0 atom stereocenters. The lowest BCUT2D eigenvalue weighted by molar-refractivity contribution is 0.304. The van der Waals surface area contributed by atoms with Gasteiger partial charge in [0.15, 0.2) is 11.5 Å². The Morgan fingerprint density at radius 3 is 2.25 bits per heavy atom. The van der Waals surface area contributed by atoms with E-state index in [0.717, 1.165) is 18.7 Å². The van der Waals surface area contributed by atoms with E-state index in [0.29, 0.717) is 23.2 Å². The summed E-state index contributed by atoms with van der Waals surface area (Å²) in [6.07, 6.45) is 5.22. The lowest BCUT2D eigenvalue weighted by Gasteiger charge is -2.15. The summed E-state index contributed by atoms with van der Waals surface area (Å²) >= 11 is 0. The predicted molar refractivity (Wildman–Crippen MR) is 80.4 cm³/mol. The van der Waals surface area contributed by atoms with Crippen molar-refractivity contribution >= 4 is 0 Å². The van der Waals surface area contributed by atoms with Crippen LogP contribution in [0, 0.1) is 18.3 Å². The number of terminal acetylenes is 1. The van der Waals surface area contributed by atoms with E-state index in [-0.39, 0.29) is 6.61 Å². The summed E-state index contributed by atoms with van der Waals surface area (Å²) in [7, 11) is 3.20. The quantitative estimate of drug-likeness (QED) is 0.741. The normalized spacial score (nSPS) is 10.2. The maximum atomic E-state index is 5.49. The molecule has 0 heterocycles. The smallest absolute Gasteiger partial charge is 0.204 e. The first-order valence-electron chi connectivity index (χ1n) is 6.64. The first-order chi connectivity index (χ1) is 9.62. The second-order valence-corrected chi connectivity index (χ2v) is 4.85. The summed E-state index contributed by atoms with van der Waals surface area (Å²) < 4.78 is 16.2. The second kappa shape index (κ2) is 8.34. The molecule has 0 aromatic heterocycles. The molecule has 0 aliphatic rings. The zero-order valence-electron chi connectivity index (χ0n) is 12.7. The van der Waals surface area contributed by atoms with Crippen LogP contribution >= 0.6 is 0 Å². The fourth-order valence-electron chi connectivity index (χ4n) is 1.80. The van der Waals surface area contributed by atoms with E-state index in [1.54, 1.807) is 14.2 Å². The molecule has 4 nitrogen and oxygen atoms in total. The third-order valence-electron chi connectivity index (χ3n) is 2.70. The highest BCUT2D eigenvalue weighted by Gasteiger charge is 2.13. The largest absolute Gasteiger partial charge is 0.493 e. The SMILES string of the molecule is C#CCOc1c(OC)cc(CNCC(C)C)cc1OC. The molecule has 1 rings (SSSR count). The molecule has 20 heavy (non-hydrogen) atoms. The molecule has 0 spiro atoms. The van der Waals surface area contributed by atoms with Crippen molar-refractivity contribution in [3.05, 3.63) is 17.7 Å². The summed E-state index contributed by atoms with van der Waals surface area (Å²) in [6.45, 7) is 6.23. The lowest BCUT2D eigenvalue weighted by atomic mass is 10.1. The average molecular weight is 277 g/mol. The highest BCUT2D eigenvalue weighted by Crippen LogP contribution is 2.38. The van der Waals surface area contributed by atoms with Crippen LogP contribution in [-0.2, 0) is 6.54 Å². The molecule has 0 fully saturated rings. The van der Waals surface area contributed by atoms with Gasteiger partial charge in [0.2, 0.25) is 5.75 Å². The van der Waals surface area contributed by atoms with Crippen LogP contribution in [-0.4, -0.2) is 27.4 Å². The molecule has 0 aliphatic carbocycles. The summed E-state index contributed by atoms with van der Waals surface area (Å²) in [5.74, 6) is 4.84. The van der Waals surface area contributed by atoms with Gasteiger partial charge >= 0.3 is 0 Å². The van der Waals surface area contributed by atoms with E-state index in [1.165, 1.54) is 0 Å². The van der Waals surface area contributed by atoms with Gasteiger partial charge in [0.1, 0.15) is 6.61 Å². The Morgan fingerprint density at radius 2 is 1.80 bits per heavy atom. The number of methoxy groups -OCH3 is 2.